The minimum atomic E-state index is -4.05. The first kappa shape index (κ1) is 24.6. The molecule has 0 aliphatic carbocycles. The van der Waals surface area contributed by atoms with Crippen molar-refractivity contribution in [1.82, 2.24) is 10.0 Å². The lowest BCUT2D eigenvalue weighted by atomic mass is 10.1. The van der Waals surface area contributed by atoms with Crippen molar-refractivity contribution >= 4 is 27.5 Å². The molecule has 1 amide bonds. The summed E-state index contributed by atoms with van der Waals surface area (Å²) in [6, 6.07) is 19.5. The highest BCUT2D eigenvalue weighted by molar-refractivity contribution is 7.89. The van der Waals surface area contributed by atoms with Gasteiger partial charge in [0.15, 0.2) is 11.5 Å². The van der Waals surface area contributed by atoms with Gasteiger partial charge >= 0.3 is 0 Å². The Morgan fingerprint density at radius 3 is 2.27 bits per heavy atom. The van der Waals surface area contributed by atoms with Gasteiger partial charge in [-0.05, 0) is 35.7 Å². The molecule has 174 valence electrons. The maximum absolute atomic E-state index is 13.1. The molecule has 0 saturated carbocycles. The molecule has 0 aliphatic rings. The number of ether oxygens (including phenoxy) is 2. The van der Waals surface area contributed by atoms with Crippen LogP contribution in [0.4, 0.5) is 0 Å². The molecule has 2 N–H and O–H groups in total. The number of carbonyl (C=O) groups is 1. The van der Waals surface area contributed by atoms with Gasteiger partial charge in [0.2, 0.25) is 15.9 Å². The number of nitrogens with one attached hydrogen (secondary N) is 2. The summed E-state index contributed by atoms with van der Waals surface area (Å²) >= 11 is 6.17. The Kier molecular flexibility index (Phi) is 8.32. The van der Waals surface area contributed by atoms with E-state index in [0.717, 1.165) is 11.1 Å². The first-order valence-corrected chi connectivity index (χ1v) is 12.0. The summed E-state index contributed by atoms with van der Waals surface area (Å²) in [4.78, 5) is 13.0. The van der Waals surface area contributed by atoms with E-state index in [-0.39, 0.29) is 23.6 Å². The molecule has 0 aliphatic heterocycles. The standard InChI is InChI=1S/C24H25ClN2O5S/c1-31-22-13-12-19(15-23(22)32-2)33(29,30)27-21(14-17-8-4-3-5-9-17)24(28)26-16-18-10-6-7-11-20(18)25/h3-13,15,21,27H,14,16H2,1-2H3,(H,26,28)/t21-/m0/s1. The fourth-order valence-electron chi connectivity index (χ4n) is 3.22. The SMILES string of the molecule is COc1ccc(S(=O)(=O)N[C@@H](Cc2ccccc2)C(=O)NCc2ccccc2Cl)cc1OC. The number of hydrogen-bond acceptors (Lipinski definition) is 5. The van der Waals surface area contributed by atoms with E-state index in [1.165, 1.54) is 32.4 Å². The fourth-order valence-corrected chi connectivity index (χ4v) is 4.64. The molecular weight excluding hydrogens is 464 g/mol. The van der Waals surface area contributed by atoms with Crippen LogP contribution < -0.4 is 19.5 Å². The molecule has 0 radical (unpaired) electrons. The van der Waals surface area contributed by atoms with Gasteiger partial charge in [0, 0.05) is 17.6 Å². The molecule has 3 aromatic carbocycles. The summed E-state index contributed by atoms with van der Waals surface area (Å²) in [5.74, 6) is 0.195. The lowest BCUT2D eigenvalue weighted by molar-refractivity contribution is -0.122. The third kappa shape index (κ3) is 6.47. The number of methoxy groups -OCH3 is 2. The van der Waals surface area contributed by atoms with Gasteiger partial charge in [-0.2, -0.15) is 4.72 Å². The minimum Gasteiger partial charge on any atom is -0.493 e. The second-order valence-electron chi connectivity index (χ2n) is 7.19. The predicted octanol–water partition coefficient (Wildman–Crippen LogP) is 3.56. The van der Waals surface area contributed by atoms with Gasteiger partial charge in [0.05, 0.1) is 19.1 Å². The van der Waals surface area contributed by atoms with Crippen molar-refractivity contribution in [3.8, 4) is 11.5 Å². The highest BCUT2D eigenvalue weighted by Gasteiger charge is 2.27. The predicted molar refractivity (Wildman–Crippen MR) is 127 cm³/mol. The van der Waals surface area contributed by atoms with Crippen LogP contribution in [-0.2, 0) is 27.8 Å². The van der Waals surface area contributed by atoms with Crippen molar-refractivity contribution in [3.63, 3.8) is 0 Å². The topological polar surface area (TPSA) is 93.7 Å². The molecule has 0 saturated heterocycles. The van der Waals surface area contributed by atoms with Crippen LogP contribution in [0, 0.1) is 0 Å². The molecule has 3 aromatic rings. The van der Waals surface area contributed by atoms with Crippen LogP contribution in [0.25, 0.3) is 0 Å². The number of amides is 1. The van der Waals surface area contributed by atoms with E-state index in [1.807, 2.05) is 36.4 Å². The Hall–Kier alpha value is -3.07. The number of sulfonamides is 1. The molecular formula is C24H25ClN2O5S. The molecule has 0 bridgehead atoms. The van der Waals surface area contributed by atoms with Gasteiger partial charge in [-0.1, -0.05) is 60.1 Å². The molecule has 0 unspecified atom stereocenters. The smallest absolute Gasteiger partial charge is 0.241 e. The molecule has 3 rings (SSSR count). The van der Waals surface area contributed by atoms with Gasteiger partial charge in [0.25, 0.3) is 0 Å². The quantitative estimate of drug-likeness (QED) is 0.455. The lowest BCUT2D eigenvalue weighted by Gasteiger charge is -2.19. The Morgan fingerprint density at radius 2 is 1.61 bits per heavy atom. The number of benzene rings is 3. The second-order valence-corrected chi connectivity index (χ2v) is 9.31. The summed E-state index contributed by atoms with van der Waals surface area (Å²) in [6.07, 6.45) is 0.168. The van der Waals surface area contributed by atoms with Crippen molar-refractivity contribution in [2.45, 2.75) is 23.9 Å². The Morgan fingerprint density at radius 1 is 0.939 bits per heavy atom. The van der Waals surface area contributed by atoms with E-state index in [1.54, 1.807) is 18.2 Å². The van der Waals surface area contributed by atoms with E-state index < -0.39 is 22.0 Å². The number of carbonyl (C=O) groups excluding carboxylic acids is 1. The van der Waals surface area contributed by atoms with Crippen LogP contribution in [0.5, 0.6) is 11.5 Å². The van der Waals surface area contributed by atoms with Crippen molar-refractivity contribution in [2.75, 3.05) is 14.2 Å². The molecule has 0 fully saturated rings. The fraction of sp³-hybridized carbons (Fsp3) is 0.208. The third-order valence-corrected chi connectivity index (χ3v) is 6.81. The zero-order chi connectivity index (χ0) is 23.8. The van der Waals surface area contributed by atoms with Gasteiger partial charge in [-0.25, -0.2) is 8.42 Å². The molecule has 7 nitrogen and oxygen atoms in total. The number of rotatable bonds is 10. The van der Waals surface area contributed by atoms with Crippen molar-refractivity contribution in [3.05, 3.63) is 88.9 Å². The lowest BCUT2D eigenvalue weighted by Crippen LogP contribution is -2.47. The highest BCUT2D eigenvalue weighted by Crippen LogP contribution is 2.29. The second kappa shape index (κ2) is 11.2. The van der Waals surface area contributed by atoms with Gasteiger partial charge in [-0.15, -0.1) is 0 Å². The van der Waals surface area contributed by atoms with E-state index >= 15 is 0 Å². The first-order chi connectivity index (χ1) is 15.8. The summed E-state index contributed by atoms with van der Waals surface area (Å²) in [6.45, 7) is 0.169. The maximum atomic E-state index is 13.1. The van der Waals surface area contributed by atoms with Gasteiger partial charge < -0.3 is 14.8 Å². The van der Waals surface area contributed by atoms with E-state index in [9.17, 15) is 13.2 Å². The molecule has 9 heteroatoms. The van der Waals surface area contributed by atoms with Crippen LogP contribution in [0.3, 0.4) is 0 Å². The average molecular weight is 489 g/mol. The molecule has 1 atom stereocenters. The first-order valence-electron chi connectivity index (χ1n) is 10.1. The summed E-state index contributed by atoms with van der Waals surface area (Å²) in [5, 5.41) is 3.30. The van der Waals surface area contributed by atoms with E-state index in [0.29, 0.717) is 10.8 Å². The van der Waals surface area contributed by atoms with E-state index in [4.69, 9.17) is 21.1 Å². The average Bonchev–Trinajstić information content (AvgIpc) is 2.83. The highest BCUT2D eigenvalue weighted by atomic mass is 35.5. The summed E-state index contributed by atoms with van der Waals surface area (Å²) < 4.78 is 39.2. The van der Waals surface area contributed by atoms with Crippen molar-refractivity contribution in [1.29, 1.82) is 0 Å². The number of halogens is 1. The van der Waals surface area contributed by atoms with Gasteiger partial charge in [0.1, 0.15) is 6.04 Å². The maximum Gasteiger partial charge on any atom is 0.241 e. The molecule has 0 heterocycles. The summed E-state index contributed by atoms with van der Waals surface area (Å²) in [7, 11) is -1.17. The van der Waals surface area contributed by atoms with E-state index in [2.05, 4.69) is 10.0 Å². The Bertz CT molecular complexity index is 1200. The van der Waals surface area contributed by atoms with Crippen LogP contribution in [0.15, 0.2) is 77.7 Å². The van der Waals surface area contributed by atoms with Crippen LogP contribution in [0.1, 0.15) is 11.1 Å². The third-order valence-electron chi connectivity index (χ3n) is 4.97. The van der Waals surface area contributed by atoms with Crippen LogP contribution in [0.2, 0.25) is 5.02 Å². The molecule has 0 spiro atoms. The zero-order valence-corrected chi connectivity index (χ0v) is 19.8. The zero-order valence-electron chi connectivity index (χ0n) is 18.2. The monoisotopic (exact) mass is 488 g/mol. The molecule has 0 aromatic heterocycles. The number of hydrogen-bond donors (Lipinski definition) is 2. The van der Waals surface area contributed by atoms with Crippen LogP contribution >= 0.6 is 11.6 Å². The Balaban J connectivity index is 1.84. The summed E-state index contributed by atoms with van der Waals surface area (Å²) in [5.41, 5.74) is 1.54. The van der Waals surface area contributed by atoms with Gasteiger partial charge in [-0.3, -0.25) is 4.79 Å². The molecule has 33 heavy (non-hydrogen) atoms. The minimum absolute atomic E-state index is 0.0443. The Labute approximate surface area is 198 Å². The van der Waals surface area contributed by atoms with Crippen LogP contribution in [-0.4, -0.2) is 34.6 Å². The largest absolute Gasteiger partial charge is 0.493 e. The van der Waals surface area contributed by atoms with Crippen molar-refractivity contribution < 1.29 is 22.7 Å². The van der Waals surface area contributed by atoms with Crippen molar-refractivity contribution in [2.24, 2.45) is 0 Å². The normalized spacial score (nSPS) is 12.1.